The molecule has 0 radical (unpaired) electrons. The number of aryl methyl sites for hydroxylation is 2. The van der Waals surface area contributed by atoms with Crippen LogP contribution in [-0.4, -0.2) is 46.8 Å². The minimum atomic E-state index is -0.0928. The Hall–Kier alpha value is -1.36. The summed E-state index contributed by atoms with van der Waals surface area (Å²) in [7, 11) is 1.95. The molecule has 122 valence electrons. The van der Waals surface area contributed by atoms with E-state index >= 15 is 0 Å². The zero-order valence-corrected chi connectivity index (χ0v) is 14.2. The molecule has 1 unspecified atom stereocenters. The van der Waals surface area contributed by atoms with Crippen molar-refractivity contribution in [1.82, 2.24) is 20.0 Å². The predicted molar refractivity (Wildman–Crippen MR) is 86.8 cm³/mol. The Labute approximate surface area is 133 Å². The molecule has 3 heterocycles. The van der Waals surface area contributed by atoms with Crippen molar-refractivity contribution in [3.8, 4) is 0 Å². The Morgan fingerprint density at radius 2 is 1.82 bits per heavy atom. The number of likely N-dealkylation sites (tertiary alicyclic amines) is 1. The normalized spacial score (nSPS) is 26.6. The molecule has 0 spiro atoms. The topological polar surface area (TPSA) is 50.2 Å². The quantitative estimate of drug-likeness (QED) is 0.903. The van der Waals surface area contributed by atoms with Crippen LogP contribution in [0.5, 0.6) is 0 Å². The molecule has 0 aliphatic carbocycles. The predicted octanol–water partition coefficient (Wildman–Crippen LogP) is 1.60. The maximum atomic E-state index is 13.0. The van der Waals surface area contributed by atoms with Crippen LogP contribution >= 0.6 is 0 Å². The van der Waals surface area contributed by atoms with Crippen molar-refractivity contribution in [2.75, 3.05) is 26.2 Å². The summed E-state index contributed by atoms with van der Waals surface area (Å²) in [5.41, 5.74) is 3.20. The number of aromatic nitrogens is 2. The average Bonchev–Trinajstić information content (AvgIpc) is 2.96. The second-order valence-electron chi connectivity index (χ2n) is 7.01. The third-order valence-electron chi connectivity index (χ3n) is 5.70. The van der Waals surface area contributed by atoms with E-state index in [4.69, 9.17) is 0 Å². The standard InChI is InChI=1S/C17H28N4O/c1-11(16-12(2)19-20(4)13(16)3)17(22)21-7-5-14-9-18-10-15(14)6-8-21/h11,14-15,18H,5-10H2,1-4H3/t11?,14-,15+. The van der Waals surface area contributed by atoms with Gasteiger partial charge in [-0.15, -0.1) is 0 Å². The Morgan fingerprint density at radius 3 is 2.32 bits per heavy atom. The zero-order chi connectivity index (χ0) is 15.9. The van der Waals surface area contributed by atoms with E-state index in [1.165, 1.54) is 0 Å². The first kappa shape index (κ1) is 15.5. The molecule has 2 fully saturated rings. The van der Waals surface area contributed by atoms with E-state index < -0.39 is 0 Å². The molecule has 2 aliphatic rings. The number of amides is 1. The van der Waals surface area contributed by atoms with Crippen LogP contribution in [-0.2, 0) is 11.8 Å². The van der Waals surface area contributed by atoms with Gasteiger partial charge in [0.25, 0.3) is 0 Å². The van der Waals surface area contributed by atoms with Crippen LogP contribution in [0.3, 0.4) is 0 Å². The van der Waals surface area contributed by atoms with E-state index in [2.05, 4.69) is 22.2 Å². The highest BCUT2D eigenvalue weighted by molar-refractivity contribution is 5.84. The first-order valence-electron chi connectivity index (χ1n) is 8.48. The van der Waals surface area contributed by atoms with Crippen molar-refractivity contribution >= 4 is 5.91 Å². The smallest absolute Gasteiger partial charge is 0.229 e. The van der Waals surface area contributed by atoms with Gasteiger partial charge >= 0.3 is 0 Å². The van der Waals surface area contributed by atoms with Gasteiger partial charge in [-0.1, -0.05) is 0 Å². The molecule has 1 amide bonds. The molecule has 5 heteroatoms. The number of hydrogen-bond donors (Lipinski definition) is 1. The minimum Gasteiger partial charge on any atom is -0.342 e. The molecule has 1 N–H and O–H groups in total. The van der Waals surface area contributed by atoms with E-state index in [0.717, 1.165) is 67.8 Å². The van der Waals surface area contributed by atoms with E-state index in [1.807, 2.05) is 25.6 Å². The first-order chi connectivity index (χ1) is 10.5. The van der Waals surface area contributed by atoms with Crippen molar-refractivity contribution in [3.63, 3.8) is 0 Å². The molecule has 0 aromatic carbocycles. The van der Waals surface area contributed by atoms with Gasteiger partial charge in [0.15, 0.2) is 0 Å². The minimum absolute atomic E-state index is 0.0928. The number of rotatable bonds is 2. The van der Waals surface area contributed by atoms with Crippen molar-refractivity contribution in [3.05, 3.63) is 17.0 Å². The van der Waals surface area contributed by atoms with Gasteiger partial charge in [-0.2, -0.15) is 5.10 Å². The fourth-order valence-electron chi connectivity index (χ4n) is 4.25. The highest BCUT2D eigenvalue weighted by atomic mass is 16.2. The molecule has 0 bridgehead atoms. The lowest BCUT2D eigenvalue weighted by Crippen LogP contribution is -2.36. The van der Waals surface area contributed by atoms with Crippen molar-refractivity contribution < 1.29 is 4.79 Å². The number of nitrogens with zero attached hydrogens (tertiary/aromatic N) is 3. The van der Waals surface area contributed by atoms with Gasteiger partial charge in [-0.05, 0) is 58.5 Å². The fraction of sp³-hybridized carbons (Fsp3) is 0.765. The molecule has 22 heavy (non-hydrogen) atoms. The first-order valence-corrected chi connectivity index (χ1v) is 8.48. The van der Waals surface area contributed by atoms with Crippen LogP contribution in [0.25, 0.3) is 0 Å². The number of fused-ring (bicyclic) bond motifs is 1. The summed E-state index contributed by atoms with van der Waals surface area (Å²) < 4.78 is 1.88. The fourth-order valence-corrected chi connectivity index (χ4v) is 4.25. The lowest BCUT2D eigenvalue weighted by atomic mass is 9.92. The molecule has 5 nitrogen and oxygen atoms in total. The van der Waals surface area contributed by atoms with Crippen LogP contribution in [0.2, 0.25) is 0 Å². The van der Waals surface area contributed by atoms with Gasteiger partial charge in [-0.25, -0.2) is 0 Å². The second-order valence-corrected chi connectivity index (χ2v) is 7.01. The Morgan fingerprint density at radius 1 is 1.23 bits per heavy atom. The van der Waals surface area contributed by atoms with Crippen molar-refractivity contribution in [2.45, 2.75) is 39.5 Å². The maximum absolute atomic E-state index is 13.0. The summed E-state index contributed by atoms with van der Waals surface area (Å²) in [5.74, 6) is 1.70. The van der Waals surface area contributed by atoms with Gasteiger partial charge in [0, 0.05) is 31.4 Å². The SMILES string of the molecule is Cc1nn(C)c(C)c1C(C)C(=O)N1CC[C@@H]2CNC[C@@H]2CC1. The number of nitrogens with one attached hydrogen (secondary N) is 1. The van der Waals surface area contributed by atoms with Crippen LogP contribution in [0.15, 0.2) is 0 Å². The molecule has 3 rings (SSSR count). The molecule has 1 aromatic rings. The van der Waals surface area contributed by atoms with Crippen molar-refractivity contribution in [1.29, 1.82) is 0 Å². The van der Waals surface area contributed by atoms with Gasteiger partial charge < -0.3 is 10.2 Å². The van der Waals surface area contributed by atoms with Crippen molar-refractivity contribution in [2.24, 2.45) is 18.9 Å². The largest absolute Gasteiger partial charge is 0.342 e. The Bertz CT molecular complexity index is 551. The summed E-state index contributed by atoms with van der Waals surface area (Å²) in [6, 6.07) is 0. The average molecular weight is 304 g/mol. The molecule has 0 saturated carbocycles. The number of hydrogen-bond acceptors (Lipinski definition) is 3. The van der Waals surface area contributed by atoms with Gasteiger partial charge in [0.05, 0.1) is 11.6 Å². The van der Waals surface area contributed by atoms with Crippen LogP contribution in [0.4, 0.5) is 0 Å². The van der Waals surface area contributed by atoms with E-state index in [9.17, 15) is 4.79 Å². The van der Waals surface area contributed by atoms with Crippen LogP contribution < -0.4 is 5.32 Å². The molecule has 2 saturated heterocycles. The lowest BCUT2D eigenvalue weighted by molar-refractivity contribution is -0.132. The zero-order valence-electron chi connectivity index (χ0n) is 14.2. The molecular weight excluding hydrogens is 276 g/mol. The number of carbonyl (C=O) groups is 1. The molecular formula is C17H28N4O. The van der Waals surface area contributed by atoms with Gasteiger partial charge in [0.1, 0.15) is 0 Å². The Balaban J connectivity index is 1.73. The third-order valence-corrected chi connectivity index (χ3v) is 5.70. The van der Waals surface area contributed by atoms with Crippen LogP contribution in [0.1, 0.15) is 42.6 Å². The van der Waals surface area contributed by atoms with E-state index in [0.29, 0.717) is 0 Å². The second kappa shape index (κ2) is 6.03. The van der Waals surface area contributed by atoms with E-state index in [1.54, 1.807) is 0 Å². The third kappa shape index (κ3) is 2.67. The summed E-state index contributed by atoms with van der Waals surface area (Å²) in [6.45, 7) is 10.2. The number of carbonyl (C=O) groups excluding carboxylic acids is 1. The van der Waals surface area contributed by atoms with E-state index in [-0.39, 0.29) is 11.8 Å². The van der Waals surface area contributed by atoms with Gasteiger partial charge in [-0.3, -0.25) is 9.48 Å². The highest BCUT2D eigenvalue weighted by Crippen LogP contribution is 2.30. The molecule has 1 aromatic heterocycles. The maximum Gasteiger partial charge on any atom is 0.229 e. The van der Waals surface area contributed by atoms with Gasteiger partial charge in [0.2, 0.25) is 5.91 Å². The van der Waals surface area contributed by atoms with Crippen LogP contribution in [0, 0.1) is 25.7 Å². The summed E-state index contributed by atoms with van der Waals surface area (Å²) >= 11 is 0. The lowest BCUT2D eigenvalue weighted by Gasteiger charge is -2.25. The summed E-state index contributed by atoms with van der Waals surface area (Å²) in [6.07, 6.45) is 2.28. The Kier molecular flexibility index (Phi) is 4.26. The summed E-state index contributed by atoms with van der Waals surface area (Å²) in [4.78, 5) is 15.1. The molecule has 3 atom stereocenters. The summed E-state index contributed by atoms with van der Waals surface area (Å²) in [5, 5.41) is 7.95. The highest BCUT2D eigenvalue weighted by Gasteiger charge is 2.33. The monoisotopic (exact) mass is 304 g/mol. The molecule has 2 aliphatic heterocycles.